The number of hydrogen-bond acceptors (Lipinski definition) is 4. The zero-order valence-electron chi connectivity index (χ0n) is 12.4. The SMILES string of the molecule is CCN(CC1CC1)c1ccc(N)c(OC(C)(C)C)n1. The minimum atomic E-state index is -0.284. The van der Waals surface area contributed by atoms with E-state index in [0.717, 1.165) is 24.8 Å². The Morgan fingerprint density at radius 3 is 2.58 bits per heavy atom. The maximum atomic E-state index is 5.95. The third-order valence-electron chi connectivity index (χ3n) is 3.16. The van der Waals surface area contributed by atoms with Gasteiger partial charge in [0.2, 0.25) is 5.88 Å². The molecule has 0 atom stereocenters. The zero-order valence-corrected chi connectivity index (χ0v) is 12.4. The summed E-state index contributed by atoms with van der Waals surface area (Å²) in [7, 11) is 0. The Kier molecular flexibility index (Phi) is 3.88. The Labute approximate surface area is 116 Å². The molecule has 0 aliphatic heterocycles. The van der Waals surface area contributed by atoms with Crippen LogP contribution in [0.2, 0.25) is 0 Å². The summed E-state index contributed by atoms with van der Waals surface area (Å²) in [4.78, 5) is 6.89. The summed E-state index contributed by atoms with van der Waals surface area (Å²) in [5.74, 6) is 2.34. The van der Waals surface area contributed by atoms with Crippen LogP contribution in [-0.2, 0) is 0 Å². The van der Waals surface area contributed by atoms with Gasteiger partial charge in [0.05, 0.1) is 5.69 Å². The molecule has 1 saturated carbocycles. The van der Waals surface area contributed by atoms with Crippen LogP contribution in [0.25, 0.3) is 0 Å². The molecule has 1 fully saturated rings. The van der Waals surface area contributed by atoms with Crippen LogP contribution in [0.4, 0.5) is 11.5 Å². The summed E-state index contributed by atoms with van der Waals surface area (Å²) in [5, 5.41) is 0. The summed E-state index contributed by atoms with van der Waals surface area (Å²) in [5.41, 5.74) is 6.26. The highest BCUT2D eigenvalue weighted by Crippen LogP contribution is 2.32. The van der Waals surface area contributed by atoms with Gasteiger partial charge in [0.25, 0.3) is 0 Å². The van der Waals surface area contributed by atoms with Crippen molar-refractivity contribution in [2.45, 2.75) is 46.1 Å². The van der Waals surface area contributed by atoms with Crippen molar-refractivity contribution in [3.05, 3.63) is 12.1 Å². The number of nitrogen functional groups attached to an aromatic ring is 1. The van der Waals surface area contributed by atoms with Gasteiger partial charge in [-0.2, -0.15) is 4.98 Å². The smallest absolute Gasteiger partial charge is 0.239 e. The molecule has 1 aromatic heterocycles. The van der Waals surface area contributed by atoms with Crippen LogP contribution < -0.4 is 15.4 Å². The van der Waals surface area contributed by atoms with E-state index in [4.69, 9.17) is 10.5 Å². The fourth-order valence-electron chi connectivity index (χ4n) is 1.99. The summed E-state index contributed by atoms with van der Waals surface area (Å²) in [6.45, 7) is 10.2. The lowest BCUT2D eigenvalue weighted by Crippen LogP contribution is -2.28. The molecule has 2 N–H and O–H groups in total. The molecule has 2 rings (SSSR count). The van der Waals surface area contributed by atoms with Crippen molar-refractivity contribution < 1.29 is 4.74 Å². The monoisotopic (exact) mass is 263 g/mol. The summed E-state index contributed by atoms with van der Waals surface area (Å²) in [6.07, 6.45) is 2.69. The van der Waals surface area contributed by atoms with Crippen LogP contribution in [0.1, 0.15) is 40.5 Å². The number of nitrogens with two attached hydrogens (primary N) is 1. The molecule has 106 valence electrons. The lowest BCUT2D eigenvalue weighted by Gasteiger charge is -2.25. The lowest BCUT2D eigenvalue weighted by atomic mass is 10.2. The Morgan fingerprint density at radius 1 is 1.37 bits per heavy atom. The molecule has 1 aliphatic carbocycles. The fraction of sp³-hybridized carbons (Fsp3) is 0.667. The van der Waals surface area contributed by atoms with E-state index in [0.29, 0.717) is 11.6 Å². The van der Waals surface area contributed by atoms with Crippen molar-refractivity contribution in [1.29, 1.82) is 0 Å². The molecule has 0 saturated heterocycles. The van der Waals surface area contributed by atoms with Crippen LogP contribution in [0, 0.1) is 5.92 Å². The van der Waals surface area contributed by atoms with Crippen molar-refractivity contribution in [3.8, 4) is 5.88 Å². The molecule has 1 heterocycles. The molecule has 0 aromatic carbocycles. The van der Waals surface area contributed by atoms with Gasteiger partial charge in [-0.3, -0.25) is 0 Å². The first kappa shape index (κ1) is 14.0. The second-order valence-electron chi connectivity index (χ2n) is 6.26. The van der Waals surface area contributed by atoms with Crippen LogP contribution in [-0.4, -0.2) is 23.7 Å². The predicted molar refractivity (Wildman–Crippen MR) is 79.6 cm³/mol. The number of nitrogens with zero attached hydrogens (tertiary/aromatic N) is 2. The summed E-state index contributed by atoms with van der Waals surface area (Å²) in [6, 6.07) is 3.87. The molecular formula is C15H25N3O. The lowest BCUT2D eigenvalue weighted by molar-refractivity contribution is 0.125. The van der Waals surface area contributed by atoms with Gasteiger partial charge < -0.3 is 15.4 Å². The molecule has 0 unspecified atom stereocenters. The minimum Gasteiger partial charge on any atom is -0.470 e. The first-order valence-electron chi connectivity index (χ1n) is 7.09. The van der Waals surface area contributed by atoms with E-state index in [9.17, 15) is 0 Å². The van der Waals surface area contributed by atoms with E-state index < -0.39 is 0 Å². The third-order valence-corrected chi connectivity index (χ3v) is 3.16. The van der Waals surface area contributed by atoms with Crippen LogP contribution in [0.3, 0.4) is 0 Å². The van der Waals surface area contributed by atoms with Crippen LogP contribution in [0.15, 0.2) is 12.1 Å². The largest absolute Gasteiger partial charge is 0.470 e. The van der Waals surface area contributed by atoms with E-state index in [1.807, 2.05) is 32.9 Å². The Balaban J connectivity index is 2.18. The van der Waals surface area contributed by atoms with Gasteiger partial charge in [-0.25, -0.2) is 0 Å². The first-order chi connectivity index (χ1) is 8.89. The molecule has 19 heavy (non-hydrogen) atoms. The Morgan fingerprint density at radius 2 is 2.05 bits per heavy atom. The topological polar surface area (TPSA) is 51.4 Å². The van der Waals surface area contributed by atoms with Crippen molar-refractivity contribution in [1.82, 2.24) is 4.98 Å². The van der Waals surface area contributed by atoms with Crippen molar-refractivity contribution in [3.63, 3.8) is 0 Å². The summed E-state index contributed by atoms with van der Waals surface area (Å²) < 4.78 is 5.83. The van der Waals surface area contributed by atoms with Gasteiger partial charge in [0.1, 0.15) is 11.4 Å². The molecule has 4 nitrogen and oxygen atoms in total. The van der Waals surface area contributed by atoms with E-state index in [2.05, 4.69) is 16.8 Å². The summed E-state index contributed by atoms with van der Waals surface area (Å²) >= 11 is 0. The number of pyridine rings is 1. The number of aromatic nitrogens is 1. The van der Waals surface area contributed by atoms with Crippen molar-refractivity contribution >= 4 is 11.5 Å². The van der Waals surface area contributed by atoms with E-state index in [1.165, 1.54) is 12.8 Å². The van der Waals surface area contributed by atoms with Crippen LogP contribution >= 0.6 is 0 Å². The third kappa shape index (κ3) is 4.01. The van der Waals surface area contributed by atoms with E-state index in [1.54, 1.807) is 0 Å². The van der Waals surface area contributed by atoms with Gasteiger partial charge in [-0.15, -0.1) is 0 Å². The molecule has 0 spiro atoms. The fourth-order valence-corrected chi connectivity index (χ4v) is 1.99. The second kappa shape index (κ2) is 5.27. The second-order valence-corrected chi connectivity index (χ2v) is 6.26. The highest BCUT2D eigenvalue weighted by molar-refractivity contribution is 5.54. The molecule has 4 heteroatoms. The quantitative estimate of drug-likeness (QED) is 0.887. The number of hydrogen-bond donors (Lipinski definition) is 1. The van der Waals surface area contributed by atoms with Gasteiger partial charge >= 0.3 is 0 Å². The molecule has 0 bridgehead atoms. The molecule has 1 aliphatic rings. The Hall–Kier alpha value is -1.45. The number of rotatable bonds is 5. The number of ether oxygens (including phenoxy) is 1. The molecule has 0 radical (unpaired) electrons. The van der Waals surface area contributed by atoms with Gasteiger partial charge in [0.15, 0.2) is 0 Å². The van der Waals surface area contributed by atoms with E-state index >= 15 is 0 Å². The van der Waals surface area contributed by atoms with Gasteiger partial charge in [-0.1, -0.05) is 0 Å². The molecular weight excluding hydrogens is 238 g/mol. The van der Waals surface area contributed by atoms with Crippen molar-refractivity contribution in [2.24, 2.45) is 5.92 Å². The molecule has 0 amide bonds. The number of anilines is 2. The highest BCUT2D eigenvalue weighted by Gasteiger charge is 2.25. The van der Waals surface area contributed by atoms with Crippen molar-refractivity contribution in [2.75, 3.05) is 23.7 Å². The normalized spacial score (nSPS) is 15.4. The highest BCUT2D eigenvalue weighted by atomic mass is 16.5. The average molecular weight is 263 g/mol. The zero-order chi connectivity index (χ0) is 14.0. The van der Waals surface area contributed by atoms with Gasteiger partial charge in [0, 0.05) is 13.1 Å². The Bertz CT molecular complexity index is 436. The van der Waals surface area contributed by atoms with E-state index in [-0.39, 0.29) is 5.60 Å². The van der Waals surface area contributed by atoms with Gasteiger partial charge in [-0.05, 0) is 58.6 Å². The predicted octanol–water partition coefficient (Wildman–Crippen LogP) is 3.08. The minimum absolute atomic E-state index is 0.284. The average Bonchev–Trinajstić information content (AvgIpc) is 3.11. The maximum Gasteiger partial charge on any atom is 0.239 e. The first-order valence-corrected chi connectivity index (χ1v) is 7.09. The maximum absolute atomic E-state index is 5.95. The molecule has 1 aromatic rings. The standard InChI is InChI=1S/C15H25N3O/c1-5-18(10-11-6-7-11)13-9-8-12(16)14(17-13)19-15(2,3)4/h8-9,11H,5-7,10,16H2,1-4H3. The van der Waals surface area contributed by atoms with Crippen LogP contribution in [0.5, 0.6) is 5.88 Å².